The van der Waals surface area contributed by atoms with E-state index in [1.807, 2.05) is 7.05 Å². The second kappa shape index (κ2) is 5.40. The smallest absolute Gasteiger partial charge is 0.0410 e. The Kier molecular flexibility index (Phi) is 4.10. The maximum absolute atomic E-state index is 3.54. The van der Waals surface area contributed by atoms with E-state index in [0.29, 0.717) is 0 Å². The van der Waals surface area contributed by atoms with Crippen LogP contribution in [0.2, 0.25) is 0 Å². The summed E-state index contributed by atoms with van der Waals surface area (Å²) in [4.78, 5) is 2.40. The summed E-state index contributed by atoms with van der Waals surface area (Å²) in [5.41, 5.74) is 2.71. The van der Waals surface area contributed by atoms with Crippen molar-refractivity contribution in [2.24, 2.45) is 11.8 Å². The number of nitrogens with one attached hydrogen (secondary N) is 1. The lowest BCUT2D eigenvalue weighted by atomic mass is 10.1. The predicted molar refractivity (Wildman–Crippen MR) is 77.4 cm³/mol. The molecule has 1 fully saturated rings. The van der Waals surface area contributed by atoms with Gasteiger partial charge in [-0.15, -0.1) is 0 Å². The van der Waals surface area contributed by atoms with Crippen molar-refractivity contribution in [3.63, 3.8) is 0 Å². The van der Waals surface area contributed by atoms with Crippen molar-refractivity contribution in [2.45, 2.75) is 19.9 Å². The molecule has 1 saturated carbocycles. The molecule has 2 atom stereocenters. The van der Waals surface area contributed by atoms with Gasteiger partial charge in [-0.1, -0.05) is 22.9 Å². The number of hydrogen-bond acceptors (Lipinski definition) is 2. The molecule has 0 saturated heterocycles. The van der Waals surface area contributed by atoms with E-state index in [2.05, 4.69) is 58.3 Å². The summed E-state index contributed by atoms with van der Waals surface area (Å²) in [6.07, 6.45) is 1.39. The van der Waals surface area contributed by atoms with Crippen LogP contribution in [0.5, 0.6) is 0 Å². The Morgan fingerprint density at radius 3 is 2.76 bits per heavy atom. The Balaban J connectivity index is 2.12. The third-order valence-electron chi connectivity index (χ3n) is 3.60. The molecular formula is C14H21BrN2. The third-order valence-corrected chi connectivity index (χ3v) is 4.10. The van der Waals surface area contributed by atoms with Crippen molar-refractivity contribution in [3.8, 4) is 0 Å². The van der Waals surface area contributed by atoms with Gasteiger partial charge in [0, 0.05) is 30.3 Å². The zero-order valence-corrected chi connectivity index (χ0v) is 12.4. The second-order valence-corrected chi connectivity index (χ2v) is 6.07. The standard InChI is InChI=1S/C14H21BrN2/c1-10-6-12(10)9-17(3)14-5-4-13(15)7-11(14)8-16-2/h4-5,7,10,12,16H,6,8-9H2,1-3H3. The highest BCUT2D eigenvalue weighted by Crippen LogP contribution is 2.39. The number of hydrogen-bond donors (Lipinski definition) is 1. The molecule has 17 heavy (non-hydrogen) atoms. The first-order valence-corrected chi connectivity index (χ1v) is 7.05. The van der Waals surface area contributed by atoms with Gasteiger partial charge >= 0.3 is 0 Å². The van der Waals surface area contributed by atoms with Gasteiger partial charge in [0.1, 0.15) is 0 Å². The van der Waals surface area contributed by atoms with Gasteiger partial charge in [0.2, 0.25) is 0 Å². The molecule has 3 heteroatoms. The Hall–Kier alpha value is -0.540. The summed E-state index contributed by atoms with van der Waals surface area (Å²) < 4.78 is 1.15. The van der Waals surface area contributed by atoms with Gasteiger partial charge in [-0.25, -0.2) is 0 Å². The van der Waals surface area contributed by atoms with E-state index in [0.717, 1.165) is 22.9 Å². The van der Waals surface area contributed by atoms with Crippen LogP contribution in [0.25, 0.3) is 0 Å². The maximum atomic E-state index is 3.54. The number of benzene rings is 1. The van der Waals surface area contributed by atoms with Crippen LogP contribution >= 0.6 is 15.9 Å². The topological polar surface area (TPSA) is 15.3 Å². The Morgan fingerprint density at radius 2 is 2.18 bits per heavy atom. The van der Waals surface area contributed by atoms with Crippen LogP contribution in [0.3, 0.4) is 0 Å². The quantitative estimate of drug-likeness (QED) is 0.897. The van der Waals surface area contributed by atoms with E-state index in [4.69, 9.17) is 0 Å². The molecule has 2 unspecified atom stereocenters. The van der Waals surface area contributed by atoms with Crippen LogP contribution in [0.1, 0.15) is 18.9 Å². The highest BCUT2D eigenvalue weighted by Gasteiger charge is 2.33. The first-order chi connectivity index (χ1) is 8.11. The van der Waals surface area contributed by atoms with E-state index < -0.39 is 0 Å². The lowest BCUT2D eigenvalue weighted by Crippen LogP contribution is -2.22. The predicted octanol–water partition coefficient (Wildman–Crippen LogP) is 3.26. The van der Waals surface area contributed by atoms with Crippen LogP contribution in [0.4, 0.5) is 5.69 Å². The lowest BCUT2D eigenvalue weighted by molar-refractivity contribution is 0.719. The summed E-state index contributed by atoms with van der Waals surface area (Å²) >= 11 is 3.54. The fourth-order valence-corrected chi connectivity index (χ4v) is 2.77. The van der Waals surface area contributed by atoms with Gasteiger partial charge in [0.15, 0.2) is 0 Å². The summed E-state index contributed by atoms with van der Waals surface area (Å²) in [6.45, 7) is 4.44. The van der Waals surface area contributed by atoms with Gasteiger partial charge in [0.25, 0.3) is 0 Å². The minimum Gasteiger partial charge on any atom is -0.374 e. The molecule has 1 aliphatic rings. The molecule has 94 valence electrons. The average Bonchev–Trinajstić information content (AvgIpc) is 2.94. The summed E-state index contributed by atoms with van der Waals surface area (Å²) in [5, 5.41) is 3.24. The van der Waals surface area contributed by atoms with E-state index in [9.17, 15) is 0 Å². The molecule has 0 radical (unpaired) electrons. The lowest BCUT2D eigenvalue weighted by Gasteiger charge is -2.23. The molecule has 0 aliphatic heterocycles. The first-order valence-electron chi connectivity index (χ1n) is 6.26. The highest BCUT2D eigenvalue weighted by atomic mass is 79.9. The fourth-order valence-electron chi connectivity index (χ4n) is 2.36. The minimum absolute atomic E-state index is 0.895. The van der Waals surface area contributed by atoms with Gasteiger partial charge in [-0.3, -0.25) is 0 Å². The van der Waals surface area contributed by atoms with Gasteiger partial charge in [-0.2, -0.15) is 0 Å². The number of rotatable bonds is 5. The largest absolute Gasteiger partial charge is 0.374 e. The van der Waals surface area contributed by atoms with Crippen molar-refractivity contribution in [1.29, 1.82) is 0 Å². The van der Waals surface area contributed by atoms with Gasteiger partial charge in [-0.05, 0) is 49.1 Å². The van der Waals surface area contributed by atoms with Crippen molar-refractivity contribution in [1.82, 2.24) is 5.32 Å². The molecule has 2 rings (SSSR count). The molecule has 0 amide bonds. The van der Waals surface area contributed by atoms with Crippen LogP contribution in [-0.2, 0) is 6.54 Å². The fraction of sp³-hybridized carbons (Fsp3) is 0.571. The molecule has 1 aliphatic carbocycles. The SMILES string of the molecule is CNCc1cc(Br)ccc1N(C)CC1CC1C. The Morgan fingerprint density at radius 1 is 1.47 bits per heavy atom. The van der Waals surface area contributed by atoms with Gasteiger partial charge < -0.3 is 10.2 Å². The zero-order valence-electron chi connectivity index (χ0n) is 10.8. The van der Waals surface area contributed by atoms with E-state index in [1.54, 1.807) is 0 Å². The Labute approximate surface area is 113 Å². The summed E-state index contributed by atoms with van der Waals surface area (Å²) in [7, 11) is 4.20. The second-order valence-electron chi connectivity index (χ2n) is 5.16. The molecule has 0 heterocycles. The number of anilines is 1. The molecule has 0 spiro atoms. The molecule has 2 nitrogen and oxygen atoms in total. The van der Waals surface area contributed by atoms with Crippen LogP contribution in [-0.4, -0.2) is 20.6 Å². The van der Waals surface area contributed by atoms with Crippen LogP contribution < -0.4 is 10.2 Å². The van der Waals surface area contributed by atoms with Crippen LogP contribution in [0, 0.1) is 11.8 Å². The van der Waals surface area contributed by atoms with Crippen molar-refractivity contribution >= 4 is 21.6 Å². The summed E-state index contributed by atoms with van der Waals surface area (Å²) in [6, 6.07) is 6.55. The van der Waals surface area contributed by atoms with E-state index >= 15 is 0 Å². The zero-order chi connectivity index (χ0) is 12.4. The van der Waals surface area contributed by atoms with Crippen molar-refractivity contribution in [2.75, 3.05) is 25.5 Å². The van der Waals surface area contributed by atoms with Crippen molar-refractivity contribution < 1.29 is 0 Å². The Bertz CT molecular complexity index is 392. The highest BCUT2D eigenvalue weighted by molar-refractivity contribution is 9.10. The van der Waals surface area contributed by atoms with Crippen LogP contribution in [0.15, 0.2) is 22.7 Å². The van der Waals surface area contributed by atoms with Crippen molar-refractivity contribution in [3.05, 3.63) is 28.2 Å². The van der Waals surface area contributed by atoms with E-state index in [1.165, 1.54) is 24.2 Å². The first kappa shape index (κ1) is 12.9. The number of nitrogens with zero attached hydrogens (tertiary/aromatic N) is 1. The molecule has 1 aromatic rings. The summed E-state index contributed by atoms with van der Waals surface area (Å²) in [5.74, 6) is 1.81. The molecule has 1 N–H and O–H groups in total. The normalized spacial score (nSPS) is 22.6. The number of halogens is 1. The maximum Gasteiger partial charge on any atom is 0.0410 e. The van der Waals surface area contributed by atoms with E-state index in [-0.39, 0.29) is 0 Å². The average molecular weight is 297 g/mol. The van der Waals surface area contributed by atoms with Gasteiger partial charge in [0.05, 0.1) is 0 Å². The molecular weight excluding hydrogens is 276 g/mol. The molecule has 0 aromatic heterocycles. The third kappa shape index (κ3) is 3.23. The minimum atomic E-state index is 0.895. The monoisotopic (exact) mass is 296 g/mol. The molecule has 0 bridgehead atoms. The molecule has 1 aromatic carbocycles.